The van der Waals surface area contributed by atoms with Crippen molar-refractivity contribution in [1.82, 2.24) is 10.3 Å². The number of nitrogens with zero attached hydrogens (tertiary/aromatic N) is 1. The van der Waals surface area contributed by atoms with Gasteiger partial charge in [-0.25, -0.2) is 0 Å². The molecule has 18 heavy (non-hydrogen) atoms. The molecule has 0 bridgehead atoms. The van der Waals surface area contributed by atoms with Gasteiger partial charge in [0.15, 0.2) is 0 Å². The quantitative estimate of drug-likeness (QED) is 0.927. The second-order valence-corrected chi connectivity index (χ2v) is 7.10. The van der Waals surface area contributed by atoms with E-state index in [1.165, 1.54) is 26.3 Å². The highest BCUT2D eigenvalue weighted by atomic mass is 79.9. The lowest BCUT2D eigenvalue weighted by Crippen LogP contribution is -2.22. The number of aromatic nitrogens is 1. The molecule has 1 aliphatic carbocycles. The van der Waals surface area contributed by atoms with Crippen LogP contribution >= 0.6 is 27.3 Å². The zero-order valence-corrected chi connectivity index (χ0v) is 12.6. The van der Waals surface area contributed by atoms with Gasteiger partial charge < -0.3 is 5.32 Å². The largest absolute Gasteiger partial charge is 0.312 e. The number of likely N-dealkylation sites (N-methyl/N-ethyl adjacent to an activating group) is 1. The third-order valence-electron chi connectivity index (χ3n) is 3.62. The van der Waals surface area contributed by atoms with Gasteiger partial charge in [-0.15, -0.1) is 11.3 Å². The number of fused-ring (bicyclic) bond motifs is 1. The number of rotatable bonds is 3. The van der Waals surface area contributed by atoms with E-state index < -0.39 is 0 Å². The summed E-state index contributed by atoms with van der Waals surface area (Å²) in [6.45, 7) is 0. The SMILES string of the molecule is CNC(c1ccc(Br)s1)C1CCc2cccnc21. The van der Waals surface area contributed by atoms with E-state index in [9.17, 15) is 0 Å². The van der Waals surface area contributed by atoms with Crippen LogP contribution in [0.3, 0.4) is 0 Å². The van der Waals surface area contributed by atoms with Crippen molar-refractivity contribution < 1.29 is 0 Å². The van der Waals surface area contributed by atoms with Crippen molar-refractivity contribution in [1.29, 1.82) is 0 Å². The van der Waals surface area contributed by atoms with Crippen LogP contribution in [0.15, 0.2) is 34.2 Å². The molecule has 1 N–H and O–H groups in total. The normalized spacial score (nSPS) is 19.8. The molecule has 0 saturated heterocycles. The molecule has 0 fully saturated rings. The Kier molecular flexibility index (Phi) is 3.50. The van der Waals surface area contributed by atoms with E-state index in [1.807, 2.05) is 30.6 Å². The molecule has 2 aromatic rings. The van der Waals surface area contributed by atoms with E-state index in [0.717, 1.165) is 6.42 Å². The summed E-state index contributed by atoms with van der Waals surface area (Å²) < 4.78 is 1.19. The van der Waals surface area contributed by atoms with Gasteiger partial charge in [-0.1, -0.05) is 6.07 Å². The molecule has 2 atom stereocenters. The van der Waals surface area contributed by atoms with Crippen LogP contribution < -0.4 is 5.32 Å². The minimum absolute atomic E-state index is 0.373. The topological polar surface area (TPSA) is 24.9 Å². The molecule has 2 unspecified atom stereocenters. The number of hydrogen-bond donors (Lipinski definition) is 1. The Hall–Kier alpha value is -0.710. The van der Waals surface area contributed by atoms with Gasteiger partial charge in [-0.05, 0) is 59.6 Å². The summed E-state index contributed by atoms with van der Waals surface area (Å²) in [5.74, 6) is 0.497. The minimum Gasteiger partial charge on any atom is -0.312 e. The molecule has 2 nitrogen and oxygen atoms in total. The van der Waals surface area contributed by atoms with Gasteiger partial charge >= 0.3 is 0 Å². The van der Waals surface area contributed by atoms with E-state index in [0.29, 0.717) is 12.0 Å². The van der Waals surface area contributed by atoms with Crippen LogP contribution in [0.4, 0.5) is 0 Å². The molecule has 2 heterocycles. The van der Waals surface area contributed by atoms with Crippen molar-refractivity contribution in [3.63, 3.8) is 0 Å². The van der Waals surface area contributed by atoms with Crippen molar-refractivity contribution in [2.45, 2.75) is 24.8 Å². The predicted octanol–water partition coefficient (Wildman–Crippen LogP) is 3.90. The molecule has 3 rings (SSSR count). The van der Waals surface area contributed by atoms with E-state index >= 15 is 0 Å². The molecule has 1 aliphatic rings. The van der Waals surface area contributed by atoms with E-state index in [1.54, 1.807) is 0 Å². The Morgan fingerprint density at radius 1 is 1.44 bits per heavy atom. The summed E-state index contributed by atoms with van der Waals surface area (Å²) in [6.07, 6.45) is 4.25. The van der Waals surface area contributed by atoms with Crippen molar-refractivity contribution in [2.75, 3.05) is 7.05 Å². The van der Waals surface area contributed by atoms with Gasteiger partial charge in [-0.2, -0.15) is 0 Å². The summed E-state index contributed by atoms with van der Waals surface area (Å²) >= 11 is 5.35. The number of halogens is 1. The van der Waals surface area contributed by atoms with Crippen LogP contribution in [-0.4, -0.2) is 12.0 Å². The minimum atomic E-state index is 0.373. The lowest BCUT2D eigenvalue weighted by Gasteiger charge is -2.22. The molecule has 0 aromatic carbocycles. The first kappa shape index (κ1) is 12.3. The van der Waals surface area contributed by atoms with Crippen LogP contribution in [-0.2, 0) is 6.42 Å². The average molecular weight is 323 g/mol. The molecular formula is C14H15BrN2S. The van der Waals surface area contributed by atoms with Gasteiger partial charge in [0, 0.05) is 28.7 Å². The number of hydrogen-bond acceptors (Lipinski definition) is 3. The maximum absolute atomic E-state index is 4.59. The molecule has 4 heteroatoms. The fraction of sp³-hybridized carbons (Fsp3) is 0.357. The maximum Gasteiger partial charge on any atom is 0.0701 e. The van der Waals surface area contributed by atoms with E-state index in [4.69, 9.17) is 0 Å². The molecule has 94 valence electrons. The molecule has 0 amide bonds. The lowest BCUT2D eigenvalue weighted by atomic mass is 9.96. The summed E-state index contributed by atoms with van der Waals surface area (Å²) in [7, 11) is 2.04. The third-order valence-corrected chi connectivity index (χ3v) is 5.32. The summed E-state index contributed by atoms with van der Waals surface area (Å²) in [4.78, 5) is 5.98. The molecular weight excluding hydrogens is 308 g/mol. The highest BCUT2D eigenvalue weighted by Gasteiger charge is 2.31. The molecule has 2 aromatic heterocycles. The first-order chi connectivity index (χ1) is 8.79. The van der Waals surface area contributed by atoms with Crippen molar-refractivity contribution in [3.05, 3.63) is 50.4 Å². The lowest BCUT2D eigenvalue weighted by molar-refractivity contribution is 0.476. The fourth-order valence-electron chi connectivity index (χ4n) is 2.81. The van der Waals surface area contributed by atoms with Crippen LogP contribution in [0, 0.1) is 0 Å². The standard InChI is InChI=1S/C14H15BrN2S/c1-16-14(11-6-7-12(15)18-11)10-5-4-9-3-2-8-17-13(9)10/h2-3,6-8,10,14,16H,4-5H2,1H3. The molecule has 0 radical (unpaired) electrons. The summed E-state index contributed by atoms with van der Waals surface area (Å²) in [6, 6.07) is 8.95. The van der Waals surface area contributed by atoms with Crippen molar-refractivity contribution in [2.24, 2.45) is 0 Å². The van der Waals surface area contributed by atoms with Gasteiger partial charge in [0.1, 0.15) is 0 Å². The zero-order valence-electron chi connectivity index (χ0n) is 10.2. The van der Waals surface area contributed by atoms with Gasteiger partial charge in [0.05, 0.1) is 3.79 Å². The van der Waals surface area contributed by atoms with Crippen molar-refractivity contribution in [3.8, 4) is 0 Å². The predicted molar refractivity (Wildman–Crippen MR) is 79.1 cm³/mol. The number of thiophene rings is 1. The molecule has 0 aliphatic heterocycles. The monoisotopic (exact) mass is 322 g/mol. The second-order valence-electron chi connectivity index (χ2n) is 4.60. The Morgan fingerprint density at radius 2 is 2.33 bits per heavy atom. The Morgan fingerprint density at radius 3 is 3.06 bits per heavy atom. The Balaban J connectivity index is 1.95. The molecule has 0 saturated carbocycles. The second kappa shape index (κ2) is 5.11. The molecule has 0 spiro atoms. The maximum atomic E-state index is 4.59. The average Bonchev–Trinajstić information content (AvgIpc) is 2.98. The Labute approximate surface area is 120 Å². The zero-order chi connectivity index (χ0) is 12.5. The van der Waals surface area contributed by atoms with Crippen LogP contribution in [0.2, 0.25) is 0 Å². The summed E-state index contributed by atoms with van der Waals surface area (Å²) in [5.41, 5.74) is 2.69. The highest BCUT2D eigenvalue weighted by molar-refractivity contribution is 9.11. The smallest absolute Gasteiger partial charge is 0.0701 e. The highest BCUT2D eigenvalue weighted by Crippen LogP contribution is 2.42. The van der Waals surface area contributed by atoms with E-state index in [2.05, 4.69) is 44.4 Å². The van der Waals surface area contributed by atoms with Crippen LogP contribution in [0.25, 0.3) is 0 Å². The number of pyridine rings is 1. The van der Waals surface area contributed by atoms with E-state index in [-0.39, 0.29) is 0 Å². The fourth-order valence-corrected chi connectivity index (χ4v) is 4.40. The number of nitrogens with one attached hydrogen (secondary N) is 1. The van der Waals surface area contributed by atoms with Gasteiger partial charge in [0.25, 0.3) is 0 Å². The Bertz CT molecular complexity index is 552. The van der Waals surface area contributed by atoms with Gasteiger partial charge in [-0.3, -0.25) is 4.98 Å². The van der Waals surface area contributed by atoms with Crippen LogP contribution in [0.5, 0.6) is 0 Å². The number of aryl methyl sites for hydroxylation is 1. The summed E-state index contributed by atoms with van der Waals surface area (Å²) in [5, 5.41) is 3.46. The first-order valence-corrected chi connectivity index (χ1v) is 7.77. The van der Waals surface area contributed by atoms with Crippen molar-refractivity contribution >= 4 is 27.3 Å². The third kappa shape index (κ3) is 2.13. The van der Waals surface area contributed by atoms with Gasteiger partial charge in [0.2, 0.25) is 0 Å². The first-order valence-electron chi connectivity index (χ1n) is 6.16. The van der Waals surface area contributed by atoms with Crippen LogP contribution in [0.1, 0.15) is 34.5 Å².